The second kappa shape index (κ2) is 5.14. The second-order valence-electron chi connectivity index (χ2n) is 3.63. The molecule has 0 aliphatic carbocycles. The summed E-state index contributed by atoms with van der Waals surface area (Å²) in [5.41, 5.74) is 1.72. The van der Waals surface area contributed by atoms with Gasteiger partial charge in [-0.15, -0.1) is 0 Å². The fraction of sp³-hybridized carbons (Fsp3) is 0. The molecule has 0 unspecified atom stereocenters. The van der Waals surface area contributed by atoms with E-state index in [1.165, 1.54) is 0 Å². The Bertz CT molecular complexity index is 558. The molecule has 2 rings (SSSR count). The van der Waals surface area contributed by atoms with E-state index in [2.05, 4.69) is 25.9 Å². The average molecular weight is 289 g/mol. The number of phenols is 1. The highest BCUT2D eigenvalue weighted by Gasteiger charge is 2.04. The minimum absolute atomic E-state index is 0.190. The number of phenolic OH excluding ortho intramolecular Hbond substituents is 1. The first kappa shape index (κ1) is 11.9. The Hall–Kier alpha value is -1.62. The van der Waals surface area contributed by atoms with Crippen molar-refractivity contribution in [3.8, 4) is 5.75 Å². The van der Waals surface area contributed by atoms with Crippen LogP contribution in [0.25, 0.3) is 0 Å². The molecular formula is C12H10BBrN2O. The molecule has 0 fully saturated rings. The summed E-state index contributed by atoms with van der Waals surface area (Å²) in [5, 5.41) is 9.84. The summed E-state index contributed by atoms with van der Waals surface area (Å²) in [4.78, 5) is 8.28. The molecule has 0 saturated heterocycles. The van der Waals surface area contributed by atoms with Crippen molar-refractivity contribution >= 4 is 41.3 Å². The number of rotatable bonds is 2. The van der Waals surface area contributed by atoms with E-state index in [0.29, 0.717) is 15.9 Å². The zero-order valence-electron chi connectivity index (χ0n) is 9.26. The molecule has 1 aromatic carbocycles. The van der Waals surface area contributed by atoms with Gasteiger partial charge in [-0.2, -0.15) is 0 Å². The van der Waals surface area contributed by atoms with Crippen molar-refractivity contribution in [2.75, 3.05) is 0 Å². The van der Waals surface area contributed by atoms with E-state index in [9.17, 15) is 5.11 Å². The molecule has 0 bridgehead atoms. The molecule has 1 N–H and O–H groups in total. The van der Waals surface area contributed by atoms with Crippen molar-refractivity contribution in [2.45, 2.75) is 0 Å². The van der Waals surface area contributed by atoms with Gasteiger partial charge < -0.3 is 5.11 Å². The van der Waals surface area contributed by atoms with E-state index in [1.807, 2.05) is 32.1 Å². The highest BCUT2D eigenvalue weighted by Crippen LogP contribution is 2.25. The molecule has 5 heteroatoms. The SMILES string of the molecule is Bc1cc(Br)c(O)c(/C=N/c2ccccn2)c1. The first-order chi connectivity index (χ1) is 8.16. The molecule has 0 spiro atoms. The zero-order chi connectivity index (χ0) is 12.3. The number of halogens is 1. The van der Waals surface area contributed by atoms with Gasteiger partial charge in [-0.25, -0.2) is 9.98 Å². The maximum atomic E-state index is 9.84. The minimum Gasteiger partial charge on any atom is -0.506 e. The predicted octanol–water partition coefficient (Wildman–Crippen LogP) is 1.56. The number of hydrogen-bond donors (Lipinski definition) is 1. The Morgan fingerprint density at radius 1 is 1.35 bits per heavy atom. The molecular weight excluding hydrogens is 279 g/mol. The summed E-state index contributed by atoms with van der Waals surface area (Å²) in [6.45, 7) is 0. The van der Waals surface area contributed by atoms with Crippen LogP contribution >= 0.6 is 15.9 Å². The zero-order valence-corrected chi connectivity index (χ0v) is 10.8. The Kier molecular flexibility index (Phi) is 3.59. The third-order valence-corrected chi connectivity index (χ3v) is 2.83. The van der Waals surface area contributed by atoms with E-state index in [1.54, 1.807) is 18.5 Å². The first-order valence-corrected chi connectivity index (χ1v) is 5.90. The van der Waals surface area contributed by atoms with Crippen LogP contribution in [0.4, 0.5) is 5.82 Å². The highest BCUT2D eigenvalue weighted by molar-refractivity contribution is 9.10. The number of benzene rings is 1. The molecule has 0 atom stereocenters. The van der Waals surface area contributed by atoms with Gasteiger partial charge in [0.2, 0.25) is 0 Å². The Morgan fingerprint density at radius 2 is 2.18 bits per heavy atom. The van der Waals surface area contributed by atoms with Gasteiger partial charge in [0.05, 0.1) is 4.47 Å². The van der Waals surface area contributed by atoms with Gasteiger partial charge in [0.1, 0.15) is 13.6 Å². The smallest absolute Gasteiger partial charge is 0.151 e. The number of aliphatic imine (C=N–C) groups is 1. The second-order valence-corrected chi connectivity index (χ2v) is 4.49. The molecule has 2 aromatic rings. The summed E-state index contributed by atoms with van der Waals surface area (Å²) in [6.07, 6.45) is 3.29. The normalized spacial score (nSPS) is 10.9. The lowest BCUT2D eigenvalue weighted by atomic mass is 9.94. The largest absolute Gasteiger partial charge is 0.506 e. The molecule has 0 amide bonds. The average Bonchev–Trinajstić information content (AvgIpc) is 2.33. The van der Waals surface area contributed by atoms with E-state index < -0.39 is 0 Å². The maximum absolute atomic E-state index is 9.84. The van der Waals surface area contributed by atoms with Crippen LogP contribution in [0.1, 0.15) is 5.56 Å². The van der Waals surface area contributed by atoms with Crippen molar-refractivity contribution in [2.24, 2.45) is 4.99 Å². The number of nitrogens with zero attached hydrogens (tertiary/aromatic N) is 2. The van der Waals surface area contributed by atoms with E-state index >= 15 is 0 Å². The van der Waals surface area contributed by atoms with Crippen LogP contribution in [0.5, 0.6) is 5.75 Å². The Balaban J connectivity index is 2.33. The molecule has 0 radical (unpaired) electrons. The van der Waals surface area contributed by atoms with Crippen LogP contribution in [0.15, 0.2) is 46.0 Å². The summed E-state index contributed by atoms with van der Waals surface area (Å²) in [5.74, 6) is 0.805. The number of aromatic hydroxyl groups is 1. The lowest BCUT2D eigenvalue weighted by Crippen LogP contribution is -2.03. The molecule has 17 heavy (non-hydrogen) atoms. The van der Waals surface area contributed by atoms with Gasteiger partial charge in [0.25, 0.3) is 0 Å². The van der Waals surface area contributed by atoms with E-state index in [0.717, 1.165) is 5.46 Å². The molecule has 3 nitrogen and oxygen atoms in total. The van der Waals surface area contributed by atoms with Gasteiger partial charge in [-0.3, -0.25) is 0 Å². The fourth-order valence-corrected chi connectivity index (χ4v) is 2.02. The molecule has 84 valence electrons. The first-order valence-electron chi connectivity index (χ1n) is 5.11. The van der Waals surface area contributed by atoms with Crippen LogP contribution in [-0.4, -0.2) is 24.2 Å². The van der Waals surface area contributed by atoms with Crippen molar-refractivity contribution < 1.29 is 5.11 Å². The molecule has 0 aliphatic heterocycles. The fourth-order valence-electron chi connectivity index (χ4n) is 1.43. The van der Waals surface area contributed by atoms with Crippen LogP contribution in [-0.2, 0) is 0 Å². The lowest BCUT2D eigenvalue weighted by Gasteiger charge is -2.03. The monoisotopic (exact) mass is 288 g/mol. The van der Waals surface area contributed by atoms with Crippen LogP contribution in [0.3, 0.4) is 0 Å². The maximum Gasteiger partial charge on any atom is 0.151 e. The van der Waals surface area contributed by atoms with Crippen LogP contribution in [0.2, 0.25) is 0 Å². The van der Waals surface area contributed by atoms with Crippen molar-refractivity contribution in [3.05, 3.63) is 46.6 Å². The van der Waals surface area contributed by atoms with Crippen molar-refractivity contribution in [3.63, 3.8) is 0 Å². The van der Waals surface area contributed by atoms with Crippen LogP contribution < -0.4 is 5.46 Å². The van der Waals surface area contributed by atoms with Gasteiger partial charge >= 0.3 is 0 Å². The van der Waals surface area contributed by atoms with E-state index in [-0.39, 0.29) is 5.75 Å². The number of aromatic nitrogens is 1. The Labute approximate surface area is 109 Å². The molecule has 1 aromatic heterocycles. The topological polar surface area (TPSA) is 45.5 Å². The van der Waals surface area contributed by atoms with Gasteiger partial charge in [0.15, 0.2) is 5.82 Å². The third kappa shape index (κ3) is 2.94. The third-order valence-electron chi connectivity index (χ3n) is 2.22. The number of pyridine rings is 1. The predicted molar refractivity (Wildman–Crippen MR) is 75.5 cm³/mol. The van der Waals surface area contributed by atoms with Gasteiger partial charge in [0, 0.05) is 18.0 Å². The quantitative estimate of drug-likeness (QED) is 0.673. The van der Waals surface area contributed by atoms with Crippen molar-refractivity contribution in [1.82, 2.24) is 4.98 Å². The number of hydrogen-bond acceptors (Lipinski definition) is 3. The van der Waals surface area contributed by atoms with E-state index in [4.69, 9.17) is 0 Å². The minimum atomic E-state index is 0.190. The van der Waals surface area contributed by atoms with Crippen LogP contribution in [0, 0.1) is 0 Å². The summed E-state index contributed by atoms with van der Waals surface area (Å²) >= 11 is 3.30. The molecule has 0 saturated carbocycles. The van der Waals surface area contributed by atoms with Gasteiger partial charge in [-0.1, -0.05) is 23.7 Å². The van der Waals surface area contributed by atoms with Gasteiger partial charge in [-0.05, 0) is 28.1 Å². The molecule has 0 aliphatic rings. The summed E-state index contributed by atoms with van der Waals surface area (Å²) in [6, 6.07) is 9.23. The summed E-state index contributed by atoms with van der Waals surface area (Å²) < 4.78 is 0.667. The lowest BCUT2D eigenvalue weighted by molar-refractivity contribution is 0.471. The highest BCUT2D eigenvalue weighted by atomic mass is 79.9. The standard InChI is InChI=1S/C12H10BBrN2O/c13-9-5-8(12(17)10(14)6-9)7-16-11-3-1-2-4-15-11/h1-7,17H,13H2/b16-7+. The molecule has 1 heterocycles. The summed E-state index contributed by atoms with van der Waals surface area (Å²) in [7, 11) is 1.96. The van der Waals surface area contributed by atoms with Crippen molar-refractivity contribution in [1.29, 1.82) is 0 Å². The Morgan fingerprint density at radius 3 is 2.88 bits per heavy atom.